The van der Waals surface area contributed by atoms with Gasteiger partial charge in [-0.2, -0.15) is 0 Å². The molecular formula is C5H11NO4. The van der Waals surface area contributed by atoms with Gasteiger partial charge in [0.2, 0.25) is 6.29 Å². The minimum atomic E-state index is -0.884. The van der Waals surface area contributed by atoms with Crippen molar-refractivity contribution in [3.05, 3.63) is 0 Å². The summed E-state index contributed by atoms with van der Waals surface area (Å²) < 4.78 is 9.09. The number of nitrogens with two attached hydrogens (primary N) is 1. The Labute approximate surface area is 58.7 Å². The van der Waals surface area contributed by atoms with Crippen molar-refractivity contribution >= 4 is 6.09 Å². The summed E-state index contributed by atoms with van der Waals surface area (Å²) in [5.41, 5.74) is 4.66. The maximum atomic E-state index is 10.0. The van der Waals surface area contributed by atoms with Crippen LogP contribution in [0.15, 0.2) is 0 Å². The molecular weight excluding hydrogens is 138 g/mol. The average molecular weight is 149 g/mol. The molecule has 0 bridgehead atoms. The van der Waals surface area contributed by atoms with Crippen LogP contribution in [0.4, 0.5) is 4.79 Å². The lowest BCUT2D eigenvalue weighted by molar-refractivity contribution is -0.0962. The van der Waals surface area contributed by atoms with Gasteiger partial charge >= 0.3 is 6.09 Å². The van der Waals surface area contributed by atoms with E-state index in [1.165, 1.54) is 6.92 Å². The molecule has 1 atom stereocenters. The third kappa shape index (κ3) is 5.33. The highest BCUT2D eigenvalue weighted by atomic mass is 16.7. The predicted octanol–water partition coefficient (Wildman–Crippen LogP) is -0.563. The van der Waals surface area contributed by atoms with Gasteiger partial charge in [0.15, 0.2) is 0 Å². The van der Waals surface area contributed by atoms with Crippen LogP contribution in [0.5, 0.6) is 0 Å². The molecule has 1 amide bonds. The van der Waals surface area contributed by atoms with Crippen LogP contribution in [0.3, 0.4) is 0 Å². The quantitative estimate of drug-likeness (QED) is 0.525. The van der Waals surface area contributed by atoms with Crippen molar-refractivity contribution in [2.75, 3.05) is 13.2 Å². The van der Waals surface area contributed by atoms with Gasteiger partial charge in [-0.25, -0.2) is 4.79 Å². The summed E-state index contributed by atoms with van der Waals surface area (Å²) in [6.07, 6.45) is -1.57. The fraction of sp³-hybridized carbons (Fsp3) is 0.800. The molecule has 0 saturated heterocycles. The van der Waals surface area contributed by atoms with Gasteiger partial charge in [0, 0.05) is 0 Å². The van der Waals surface area contributed by atoms with Crippen molar-refractivity contribution in [1.29, 1.82) is 0 Å². The van der Waals surface area contributed by atoms with Gasteiger partial charge < -0.3 is 20.3 Å². The van der Waals surface area contributed by atoms with E-state index in [9.17, 15) is 4.79 Å². The number of hydrogen-bond acceptors (Lipinski definition) is 4. The van der Waals surface area contributed by atoms with E-state index in [4.69, 9.17) is 9.84 Å². The molecule has 0 spiro atoms. The summed E-state index contributed by atoms with van der Waals surface area (Å²) in [7, 11) is 0. The van der Waals surface area contributed by atoms with Crippen molar-refractivity contribution in [1.82, 2.24) is 0 Å². The first kappa shape index (κ1) is 9.19. The standard InChI is InChI=1S/C5H11NO4/c1-4(9-3-2-7)10-5(6)8/h4,7H,2-3H2,1H3,(H2,6,8). The zero-order chi connectivity index (χ0) is 7.98. The highest BCUT2D eigenvalue weighted by molar-refractivity contribution is 5.64. The third-order valence-electron chi connectivity index (χ3n) is 0.726. The van der Waals surface area contributed by atoms with E-state index in [0.717, 1.165) is 0 Å². The van der Waals surface area contributed by atoms with E-state index >= 15 is 0 Å². The number of primary amides is 1. The summed E-state index contributed by atoms with van der Waals surface area (Å²) in [6.45, 7) is 1.54. The van der Waals surface area contributed by atoms with Crippen molar-refractivity contribution < 1.29 is 19.4 Å². The Balaban J connectivity index is 3.25. The fourth-order valence-electron chi connectivity index (χ4n) is 0.416. The Morgan fingerprint density at radius 3 is 2.80 bits per heavy atom. The van der Waals surface area contributed by atoms with Crippen molar-refractivity contribution in [3.63, 3.8) is 0 Å². The largest absolute Gasteiger partial charge is 0.420 e. The summed E-state index contributed by atoms with van der Waals surface area (Å²) >= 11 is 0. The molecule has 0 aliphatic rings. The van der Waals surface area contributed by atoms with Crippen LogP contribution in [0.1, 0.15) is 6.92 Å². The highest BCUT2D eigenvalue weighted by Crippen LogP contribution is 1.91. The molecule has 5 nitrogen and oxygen atoms in total. The Hall–Kier alpha value is -0.810. The van der Waals surface area contributed by atoms with Gasteiger partial charge in [-0.3, -0.25) is 0 Å². The normalized spacial score (nSPS) is 12.6. The van der Waals surface area contributed by atoms with Crippen molar-refractivity contribution in [2.45, 2.75) is 13.2 Å². The molecule has 0 aromatic carbocycles. The number of carbonyl (C=O) groups is 1. The van der Waals surface area contributed by atoms with Crippen LogP contribution < -0.4 is 5.73 Å². The minimum absolute atomic E-state index is 0.105. The number of carbonyl (C=O) groups excluding carboxylic acids is 1. The molecule has 3 N–H and O–H groups in total. The molecule has 0 aromatic rings. The molecule has 10 heavy (non-hydrogen) atoms. The predicted molar refractivity (Wildman–Crippen MR) is 33.2 cm³/mol. The lowest BCUT2D eigenvalue weighted by atomic mass is 10.7. The number of aliphatic hydroxyl groups is 1. The Morgan fingerprint density at radius 2 is 2.40 bits per heavy atom. The zero-order valence-corrected chi connectivity index (χ0v) is 5.74. The summed E-state index contributed by atoms with van der Waals surface area (Å²) in [4.78, 5) is 10.0. The molecule has 0 radical (unpaired) electrons. The maximum absolute atomic E-state index is 10.0. The Bertz CT molecular complexity index is 106. The van der Waals surface area contributed by atoms with Crippen molar-refractivity contribution in [3.8, 4) is 0 Å². The van der Waals surface area contributed by atoms with Gasteiger partial charge in [0.25, 0.3) is 0 Å². The maximum Gasteiger partial charge on any atom is 0.406 e. The first-order chi connectivity index (χ1) is 4.66. The molecule has 0 aromatic heterocycles. The second kappa shape index (κ2) is 5.01. The van der Waals surface area contributed by atoms with Gasteiger partial charge in [-0.1, -0.05) is 0 Å². The van der Waals surface area contributed by atoms with Gasteiger partial charge in [-0.05, 0) is 6.92 Å². The topological polar surface area (TPSA) is 81.8 Å². The number of hydrogen-bond donors (Lipinski definition) is 2. The molecule has 0 rings (SSSR count). The molecule has 60 valence electrons. The van der Waals surface area contributed by atoms with E-state index in [1.54, 1.807) is 0 Å². The Kier molecular flexibility index (Phi) is 4.61. The van der Waals surface area contributed by atoms with E-state index < -0.39 is 12.4 Å². The number of ether oxygens (including phenoxy) is 2. The fourth-order valence-corrected chi connectivity index (χ4v) is 0.416. The molecule has 0 saturated carbocycles. The van der Waals surface area contributed by atoms with E-state index in [2.05, 4.69) is 10.5 Å². The smallest absolute Gasteiger partial charge is 0.406 e. The van der Waals surface area contributed by atoms with Crippen LogP contribution in [-0.2, 0) is 9.47 Å². The molecule has 0 heterocycles. The molecule has 1 unspecified atom stereocenters. The zero-order valence-electron chi connectivity index (χ0n) is 5.74. The van der Waals surface area contributed by atoms with E-state index in [-0.39, 0.29) is 13.2 Å². The van der Waals surface area contributed by atoms with Crippen LogP contribution in [0.2, 0.25) is 0 Å². The lowest BCUT2D eigenvalue weighted by Gasteiger charge is -2.10. The first-order valence-electron chi connectivity index (χ1n) is 2.85. The van der Waals surface area contributed by atoms with Gasteiger partial charge in [0.1, 0.15) is 0 Å². The minimum Gasteiger partial charge on any atom is -0.420 e. The molecule has 5 heteroatoms. The van der Waals surface area contributed by atoms with Crippen LogP contribution in [0.25, 0.3) is 0 Å². The number of rotatable bonds is 4. The summed E-state index contributed by atoms with van der Waals surface area (Å²) in [5.74, 6) is 0. The Morgan fingerprint density at radius 1 is 1.80 bits per heavy atom. The first-order valence-corrected chi connectivity index (χ1v) is 2.85. The van der Waals surface area contributed by atoms with E-state index in [1.807, 2.05) is 0 Å². The molecule has 0 aliphatic heterocycles. The highest BCUT2D eigenvalue weighted by Gasteiger charge is 2.03. The summed E-state index contributed by atoms with van der Waals surface area (Å²) in [6, 6.07) is 0. The second-order valence-electron chi connectivity index (χ2n) is 1.60. The summed E-state index contributed by atoms with van der Waals surface area (Å²) in [5, 5.41) is 8.25. The third-order valence-corrected chi connectivity index (χ3v) is 0.726. The number of amides is 1. The molecule has 0 aliphatic carbocycles. The van der Waals surface area contributed by atoms with Crippen LogP contribution in [0, 0.1) is 0 Å². The van der Waals surface area contributed by atoms with E-state index in [0.29, 0.717) is 0 Å². The average Bonchev–Trinajstić information content (AvgIpc) is 1.82. The SMILES string of the molecule is CC(OCCO)OC(N)=O. The van der Waals surface area contributed by atoms with Crippen molar-refractivity contribution in [2.24, 2.45) is 5.73 Å². The monoisotopic (exact) mass is 149 g/mol. The molecule has 0 fully saturated rings. The van der Waals surface area contributed by atoms with Gasteiger partial charge in [-0.15, -0.1) is 0 Å². The van der Waals surface area contributed by atoms with Gasteiger partial charge in [0.05, 0.1) is 13.2 Å². The van der Waals surface area contributed by atoms with Crippen LogP contribution in [-0.4, -0.2) is 30.7 Å². The lowest BCUT2D eigenvalue weighted by Crippen LogP contribution is -2.23. The second-order valence-corrected chi connectivity index (χ2v) is 1.60. The van der Waals surface area contributed by atoms with Crippen LogP contribution >= 0.6 is 0 Å². The number of aliphatic hydroxyl groups excluding tert-OH is 1.